The van der Waals surface area contributed by atoms with Gasteiger partial charge in [-0.1, -0.05) is 41.9 Å². The van der Waals surface area contributed by atoms with E-state index in [1.807, 2.05) is 0 Å². The molecule has 0 heterocycles. The van der Waals surface area contributed by atoms with E-state index in [0.717, 1.165) is 0 Å². The van der Waals surface area contributed by atoms with E-state index >= 15 is 0 Å². The number of rotatable bonds is 7. The maximum atomic E-state index is 13.2. The maximum absolute atomic E-state index is 13.2. The van der Waals surface area contributed by atoms with Crippen LogP contribution in [-0.2, 0) is 23.1 Å². The summed E-state index contributed by atoms with van der Waals surface area (Å²) in [5, 5.41) is 3.18. The van der Waals surface area contributed by atoms with Gasteiger partial charge in [0, 0.05) is 23.7 Å². The lowest BCUT2D eigenvalue weighted by molar-refractivity contribution is 0.0951. The lowest BCUT2D eigenvalue weighted by Crippen LogP contribution is -2.24. The monoisotopic (exact) mass is 432 g/mol. The van der Waals surface area contributed by atoms with Crippen molar-refractivity contribution in [1.82, 2.24) is 10.0 Å². The zero-order valence-corrected chi connectivity index (χ0v) is 16.8. The lowest BCUT2D eigenvalue weighted by atomic mass is 10.2. The molecule has 0 radical (unpaired) electrons. The van der Waals surface area contributed by atoms with Gasteiger partial charge in [0.15, 0.2) is 0 Å². The summed E-state index contributed by atoms with van der Waals surface area (Å²) in [7, 11) is -3.79. The molecule has 0 aliphatic rings. The summed E-state index contributed by atoms with van der Waals surface area (Å²) in [6.45, 7) is 0.119. The molecule has 0 saturated heterocycles. The lowest BCUT2D eigenvalue weighted by Gasteiger charge is -2.10. The molecule has 0 unspecified atom stereocenters. The van der Waals surface area contributed by atoms with Gasteiger partial charge in [-0.2, -0.15) is 0 Å². The average molecular weight is 433 g/mol. The maximum Gasteiger partial charge on any atom is 0.251 e. The van der Waals surface area contributed by atoms with Gasteiger partial charge in [-0.15, -0.1) is 0 Å². The third-order valence-corrected chi connectivity index (χ3v) is 5.74. The first-order chi connectivity index (χ1) is 13.8. The molecule has 1 amide bonds. The Kier molecular flexibility index (Phi) is 6.64. The van der Waals surface area contributed by atoms with Crippen molar-refractivity contribution in [2.45, 2.75) is 18.0 Å². The van der Waals surface area contributed by atoms with Crippen LogP contribution in [0.15, 0.2) is 77.7 Å². The van der Waals surface area contributed by atoms with Crippen LogP contribution in [-0.4, -0.2) is 14.3 Å². The van der Waals surface area contributed by atoms with Crippen molar-refractivity contribution in [2.75, 3.05) is 0 Å². The first kappa shape index (κ1) is 21.0. The highest BCUT2D eigenvalue weighted by molar-refractivity contribution is 7.89. The van der Waals surface area contributed by atoms with Crippen LogP contribution in [0.4, 0.5) is 4.39 Å². The Morgan fingerprint density at radius 1 is 0.897 bits per heavy atom. The van der Waals surface area contributed by atoms with Crippen LogP contribution >= 0.6 is 11.6 Å². The molecule has 0 saturated carbocycles. The van der Waals surface area contributed by atoms with Crippen LogP contribution in [0.3, 0.4) is 0 Å². The summed E-state index contributed by atoms with van der Waals surface area (Å²) < 4.78 is 40.8. The second-order valence-electron chi connectivity index (χ2n) is 6.29. The zero-order chi connectivity index (χ0) is 20.9. The molecule has 8 heteroatoms. The van der Waals surface area contributed by atoms with E-state index in [1.165, 1.54) is 30.3 Å². The number of carbonyl (C=O) groups excluding carboxylic acids is 1. The molecule has 3 aromatic rings. The second kappa shape index (κ2) is 9.17. The second-order valence-corrected chi connectivity index (χ2v) is 8.50. The Morgan fingerprint density at radius 3 is 2.31 bits per heavy atom. The van der Waals surface area contributed by atoms with Gasteiger partial charge >= 0.3 is 0 Å². The smallest absolute Gasteiger partial charge is 0.251 e. The molecule has 150 valence electrons. The first-order valence-corrected chi connectivity index (χ1v) is 10.6. The third-order valence-electron chi connectivity index (χ3n) is 4.10. The number of sulfonamides is 1. The van der Waals surface area contributed by atoms with Crippen molar-refractivity contribution in [1.29, 1.82) is 0 Å². The molecule has 0 aromatic heterocycles. The minimum Gasteiger partial charge on any atom is -0.348 e. The van der Waals surface area contributed by atoms with Gasteiger partial charge < -0.3 is 5.32 Å². The molecular formula is C21H18ClFN2O3S. The molecule has 29 heavy (non-hydrogen) atoms. The summed E-state index contributed by atoms with van der Waals surface area (Å²) in [4.78, 5) is 12.3. The fraction of sp³-hybridized carbons (Fsp3) is 0.0952. The normalized spacial score (nSPS) is 11.2. The minimum atomic E-state index is -3.79. The standard InChI is InChI=1S/C21H18ClFN2O3S/c22-18-7-3-6-17(12-18)21(26)24-13-16-5-2-9-20(11-16)29(27,28)25-14-15-4-1-8-19(23)10-15/h1-12,25H,13-14H2,(H,24,26). The molecule has 2 N–H and O–H groups in total. The van der Waals surface area contributed by atoms with Gasteiger partial charge in [0.25, 0.3) is 5.91 Å². The number of amides is 1. The minimum absolute atomic E-state index is 0.0319. The number of benzene rings is 3. The molecule has 0 aliphatic heterocycles. The predicted octanol–water partition coefficient (Wildman–Crippen LogP) is 3.89. The Balaban J connectivity index is 1.65. The van der Waals surface area contributed by atoms with Crippen molar-refractivity contribution < 1.29 is 17.6 Å². The van der Waals surface area contributed by atoms with Crippen LogP contribution in [0.2, 0.25) is 5.02 Å². The third kappa shape index (κ3) is 5.87. The van der Waals surface area contributed by atoms with E-state index in [0.29, 0.717) is 21.7 Å². The van der Waals surface area contributed by atoms with E-state index in [1.54, 1.807) is 42.5 Å². The number of hydrogen-bond acceptors (Lipinski definition) is 3. The fourth-order valence-corrected chi connectivity index (χ4v) is 3.92. The molecule has 0 bridgehead atoms. The average Bonchev–Trinajstić information content (AvgIpc) is 2.71. The number of hydrogen-bond donors (Lipinski definition) is 2. The van der Waals surface area contributed by atoms with Crippen molar-refractivity contribution in [3.05, 3.63) is 100 Å². The number of nitrogens with one attached hydrogen (secondary N) is 2. The molecular weight excluding hydrogens is 415 g/mol. The van der Waals surface area contributed by atoms with Gasteiger partial charge in [-0.25, -0.2) is 17.5 Å². The highest BCUT2D eigenvalue weighted by Crippen LogP contribution is 2.14. The highest BCUT2D eigenvalue weighted by Gasteiger charge is 2.15. The Hall–Kier alpha value is -2.74. The van der Waals surface area contributed by atoms with Gasteiger partial charge in [0.05, 0.1) is 4.90 Å². The van der Waals surface area contributed by atoms with E-state index in [-0.39, 0.29) is 23.9 Å². The Morgan fingerprint density at radius 2 is 1.59 bits per heavy atom. The quantitative estimate of drug-likeness (QED) is 0.594. The molecule has 0 spiro atoms. The van der Waals surface area contributed by atoms with Crippen molar-refractivity contribution in [3.63, 3.8) is 0 Å². The number of halogens is 2. The van der Waals surface area contributed by atoms with Crippen molar-refractivity contribution in [2.24, 2.45) is 0 Å². The van der Waals surface area contributed by atoms with Crippen LogP contribution in [0, 0.1) is 5.82 Å². The molecule has 3 rings (SSSR count). The Labute approximate surface area is 173 Å². The van der Waals surface area contributed by atoms with Gasteiger partial charge in [0.2, 0.25) is 10.0 Å². The summed E-state index contributed by atoms with van der Waals surface area (Å²) >= 11 is 5.89. The van der Waals surface area contributed by atoms with E-state index in [4.69, 9.17) is 11.6 Å². The van der Waals surface area contributed by atoms with Crippen molar-refractivity contribution >= 4 is 27.5 Å². The van der Waals surface area contributed by atoms with Gasteiger partial charge in [-0.3, -0.25) is 4.79 Å². The summed E-state index contributed by atoms with van der Waals surface area (Å²) in [6, 6.07) is 18.5. The van der Waals surface area contributed by atoms with E-state index in [2.05, 4.69) is 10.0 Å². The van der Waals surface area contributed by atoms with Crippen LogP contribution < -0.4 is 10.0 Å². The molecule has 3 aromatic carbocycles. The van der Waals surface area contributed by atoms with Gasteiger partial charge in [-0.05, 0) is 53.6 Å². The van der Waals surface area contributed by atoms with Crippen molar-refractivity contribution in [3.8, 4) is 0 Å². The Bertz CT molecular complexity index is 1140. The molecule has 0 atom stereocenters. The van der Waals surface area contributed by atoms with E-state index in [9.17, 15) is 17.6 Å². The fourth-order valence-electron chi connectivity index (χ4n) is 2.65. The largest absolute Gasteiger partial charge is 0.348 e. The predicted molar refractivity (Wildman–Crippen MR) is 109 cm³/mol. The zero-order valence-electron chi connectivity index (χ0n) is 15.2. The summed E-state index contributed by atoms with van der Waals surface area (Å²) in [5.41, 5.74) is 1.55. The van der Waals surface area contributed by atoms with Crippen LogP contribution in [0.1, 0.15) is 21.5 Å². The van der Waals surface area contributed by atoms with Crippen LogP contribution in [0.5, 0.6) is 0 Å². The number of carbonyl (C=O) groups is 1. The van der Waals surface area contributed by atoms with Gasteiger partial charge in [0.1, 0.15) is 5.82 Å². The SMILES string of the molecule is O=C(NCc1cccc(S(=O)(=O)NCc2cccc(F)c2)c1)c1cccc(Cl)c1. The molecule has 0 aliphatic carbocycles. The topological polar surface area (TPSA) is 75.3 Å². The molecule has 5 nitrogen and oxygen atoms in total. The molecule has 0 fully saturated rings. The highest BCUT2D eigenvalue weighted by atomic mass is 35.5. The summed E-state index contributed by atoms with van der Waals surface area (Å²) in [6.07, 6.45) is 0. The summed E-state index contributed by atoms with van der Waals surface area (Å²) in [5.74, 6) is -0.746. The van der Waals surface area contributed by atoms with Crippen LogP contribution in [0.25, 0.3) is 0 Å². The first-order valence-electron chi connectivity index (χ1n) is 8.70. The van der Waals surface area contributed by atoms with E-state index < -0.39 is 15.8 Å².